The lowest BCUT2D eigenvalue weighted by Crippen LogP contribution is -2.34. The summed E-state index contributed by atoms with van der Waals surface area (Å²) < 4.78 is 11.2. The Bertz CT molecular complexity index is 721. The van der Waals surface area contributed by atoms with Crippen molar-refractivity contribution in [3.63, 3.8) is 0 Å². The molecule has 23 heavy (non-hydrogen) atoms. The number of aliphatic hydroxyl groups excluding tert-OH is 2. The van der Waals surface area contributed by atoms with E-state index in [1.165, 1.54) is 0 Å². The largest absolute Gasteiger partial charge is 0.462 e. The molecular formula is C14H18N2O7. The van der Waals surface area contributed by atoms with Crippen molar-refractivity contribution in [2.45, 2.75) is 31.8 Å². The van der Waals surface area contributed by atoms with Crippen molar-refractivity contribution in [3.8, 4) is 0 Å². The average Bonchev–Trinajstić information content (AvgIpc) is 2.87. The molecule has 0 aliphatic carbocycles. The van der Waals surface area contributed by atoms with Gasteiger partial charge < -0.3 is 19.7 Å². The summed E-state index contributed by atoms with van der Waals surface area (Å²) in [4.78, 5) is 37.6. The first kappa shape index (κ1) is 17.1. The minimum Gasteiger partial charge on any atom is -0.462 e. The number of nitrogens with one attached hydrogen (secondary N) is 1. The molecule has 1 aliphatic heterocycles. The van der Waals surface area contributed by atoms with E-state index in [0.29, 0.717) is 0 Å². The van der Waals surface area contributed by atoms with Gasteiger partial charge in [0.1, 0.15) is 12.3 Å². The zero-order valence-electron chi connectivity index (χ0n) is 12.5. The van der Waals surface area contributed by atoms with Gasteiger partial charge in [-0.3, -0.25) is 14.3 Å². The molecule has 1 saturated heterocycles. The van der Waals surface area contributed by atoms with Crippen LogP contribution in [-0.4, -0.2) is 51.2 Å². The molecule has 1 aromatic heterocycles. The van der Waals surface area contributed by atoms with E-state index < -0.39 is 42.3 Å². The van der Waals surface area contributed by atoms with Crippen molar-refractivity contribution in [1.82, 2.24) is 9.55 Å². The van der Waals surface area contributed by atoms with Gasteiger partial charge >= 0.3 is 11.7 Å². The van der Waals surface area contributed by atoms with Crippen LogP contribution in [0.25, 0.3) is 5.57 Å². The summed E-state index contributed by atoms with van der Waals surface area (Å²) in [6.45, 7) is 4.83. The third kappa shape index (κ3) is 3.41. The van der Waals surface area contributed by atoms with Gasteiger partial charge in [-0.2, -0.15) is 0 Å². The quantitative estimate of drug-likeness (QED) is 0.455. The Morgan fingerprint density at radius 1 is 1.57 bits per heavy atom. The maximum absolute atomic E-state index is 11.9. The summed E-state index contributed by atoms with van der Waals surface area (Å²) in [6.07, 6.45) is -1.45. The van der Waals surface area contributed by atoms with Gasteiger partial charge in [-0.05, 0) is 6.92 Å². The lowest BCUT2D eigenvalue weighted by molar-refractivity contribution is -0.136. The Hall–Kier alpha value is -2.23. The zero-order chi connectivity index (χ0) is 17.1. The smallest absolute Gasteiger partial charge is 0.338 e. The molecule has 2 heterocycles. The van der Waals surface area contributed by atoms with Crippen LogP contribution in [-0.2, 0) is 14.3 Å². The Balaban J connectivity index is 2.38. The van der Waals surface area contributed by atoms with E-state index in [4.69, 9.17) is 14.6 Å². The van der Waals surface area contributed by atoms with Crippen LogP contribution in [0.2, 0.25) is 0 Å². The molecular weight excluding hydrogens is 308 g/mol. The first-order valence-corrected chi connectivity index (χ1v) is 7.05. The Morgan fingerprint density at radius 2 is 2.26 bits per heavy atom. The lowest BCUT2D eigenvalue weighted by atomic mass is 10.1. The van der Waals surface area contributed by atoms with Crippen LogP contribution in [0.5, 0.6) is 0 Å². The topological polar surface area (TPSA) is 131 Å². The second-order valence-corrected chi connectivity index (χ2v) is 5.02. The van der Waals surface area contributed by atoms with Gasteiger partial charge in [0.15, 0.2) is 0 Å². The fourth-order valence-corrected chi connectivity index (χ4v) is 2.29. The molecule has 3 atom stereocenters. The fourth-order valence-electron chi connectivity index (χ4n) is 2.29. The zero-order valence-corrected chi connectivity index (χ0v) is 12.5. The van der Waals surface area contributed by atoms with Crippen LogP contribution in [0.4, 0.5) is 0 Å². The molecule has 1 fully saturated rings. The normalized spacial score (nSPS) is 23.7. The van der Waals surface area contributed by atoms with Gasteiger partial charge in [-0.15, -0.1) is 0 Å². The number of aliphatic hydroxyl groups is 2. The van der Waals surface area contributed by atoms with Crippen LogP contribution < -0.4 is 11.2 Å². The van der Waals surface area contributed by atoms with Crippen molar-refractivity contribution in [2.75, 3.05) is 13.2 Å². The second-order valence-electron chi connectivity index (χ2n) is 5.02. The number of hydrogen-bond donors (Lipinski definition) is 3. The lowest BCUT2D eigenvalue weighted by Gasteiger charge is -2.15. The Kier molecular flexibility index (Phi) is 5.14. The number of aromatic amines is 1. The number of rotatable bonds is 5. The molecule has 0 saturated carbocycles. The van der Waals surface area contributed by atoms with Crippen molar-refractivity contribution in [1.29, 1.82) is 0 Å². The molecule has 0 spiro atoms. The molecule has 0 amide bonds. The highest BCUT2D eigenvalue weighted by Gasteiger charge is 2.35. The van der Waals surface area contributed by atoms with E-state index in [-0.39, 0.29) is 24.2 Å². The van der Waals surface area contributed by atoms with Gasteiger partial charge in [0.2, 0.25) is 0 Å². The average molecular weight is 326 g/mol. The first-order valence-electron chi connectivity index (χ1n) is 7.05. The van der Waals surface area contributed by atoms with Gasteiger partial charge in [-0.25, -0.2) is 9.59 Å². The highest BCUT2D eigenvalue weighted by atomic mass is 16.5. The van der Waals surface area contributed by atoms with E-state index in [1.807, 2.05) is 0 Å². The van der Waals surface area contributed by atoms with Crippen molar-refractivity contribution in [2.24, 2.45) is 0 Å². The molecule has 1 aromatic rings. The first-order chi connectivity index (χ1) is 10.9. The second kappa shape index (κ2) is 6.90. The minimum atomic E-state index is -0.944. The van der Waals surface area contributed by atoms with E-state index in [2.05, 4.69) is 11.6 Å². The van der Waals surface area contributed by atoms with Crippen LogP contribution in [0.1, 0.15) is 25.1 Å². The number of hydrogen-bond acceptors (Lipinski definition) is 7. The molecule has 9 nitrogen and oxygen atoms in total. The number of nitrogens with zero attached hydrogens (tertiary/aromatic N) is 1. The summed E-state index contributed by atoms with van der Waals surface area (Å²) in [5.41, 5.74) is -1.86. The van der Waals surface area contributed by atoms with Gasteiger partial charge in [-0.1, -0.05) is 6.58 Å². The fraction of sp³-hybridized carbons (Fsp3) is 0.500. The molecule has 9 heteroatoms. The van der Waals surface area contributed by atoms with Gasteiger partial charge in [0, 0.05) is 12.6 Å². The molecule has 0 aromatic carbocycles. The van der Waals surface area contributed by atoms with Gasteiger partial charge in [0.05, 0.1) is 30.5 Å². The highest BCUT2D eigenvalue weighted by molar-refractivity contribution is 6.15. The maximum atomic E-state index is 11.9. The van der Waals surface area contributed by atoms with Crippen LogP contribution >= 0.6 is 0 Å². The summed E-state index contributed by atoms with van der Waals surface area (Å²) in [5, 5.41) is 18.8. The number of carbonyl (C=O) groups excluding carboxylic acids is 1. The summed E-state index contributed by atoms with van der Waals surface area (Å²) in [6, 6.07) is 0. The molecule has 126 valence electrons. The number of aromatic nitrogens is 2. The molecule has 0 radical (unpaired) electrons. The van der Waals surface area contributed by atoms with Crippen LogP contribution in [0, 0.1) is 0 Å². The molecule has 0 bridgehead atoms. The number of esters is 1. The highest BCUT2D eigenvalue weighted by Crippen LogP contribution is 2.27. The van der Waals surface area contributed by atoms with Crippen molar-refractivity contribution >= 4 is 11.5 Å². The van der Waals surface area contributed by atoms with Crippen LogP contribution in [0.3, 0.4) is 0 Å². The number of carbonyl (C=O) groups is 1. The Morgan fingerprint density at radius 3 is 2.83 bits per heavy atom. The summed E-state index contributed by atoms with van der Waals surface area (Å²) in [7, 11) is 0. The van der Waals surface area contributed by atoms with Crippen molar-refractivity contribution in [3.05, 3.63) is 39.2 Å². The summed E-state index contributed by atoms with van der Waals surface area (Å²) >= 11 is 0. The molecule has 3 N–H and O–H groups in total. The SMILES string of the molecule is C=C(C(=O)OCC)c1cn([C@@H]2C[C@@H](O)[C@H](CO)O2)c(=O)[nH]c1=O. The predicted octanol–water partition coefficient (Wildman–Crippen LogP) is -1.25. The standard InChI is InChI=1S/C14H18N2O7/c1-3-22-13(20)7(2)8-5-16(14(21)15-12(8)19)11-4-9(18)10(6-17)23-11/h5,9-11,17-18H,2-4,6H2,1H3,(H,15,19,21)/t9-,10+,11+/m1/s1. The van der Waals surface area contributed by atoms with Crippen LogP contribution in [0.15, 0.2) is 22.4 Å². The van der Waals surface area contributed by atoms with Crippen molar-refractivity contribution < 1.29 is 24.5 Å². The third-order valence-electron chi connectivity index (χ3n) is 3.51. The Labute approximate surface area is 130 Å². The molecule has 0 unspecified atom stereocenters. The molecule has 1 aliphatic rings. The maximum Gasteiger partial charge on any atom is 0.338 e. The number of ether oxygens (including phenoxy) is 2. The summed E-state index contributed by atoms with van der Waals surface area (Å²) in [5.74, 6) is -0.774. The van der Waals surface area contributed by atoms with E-state index in [1.54, 1.807) is 6.92 Å². The minimum absolute atomic E-state index is 0.0580. The van der Waals surface area contributed by atoms with E-state index in [9.17, 15) is 19.5 Å². The van der Waals surface area contributed by atoms with Gasteiger partial charge in [0.25, 0.3) is 5.56 Å². The molecule has 2 rings (SSSR count). The predicted molar refractivity (Wildman–Crippen MR) is 78.6 cm³/mol. The monoisotopic (exact) mass is 326 g/mol. The van der Waals surface area contributed by atoms with E-state index >= 15 is 0 Å². The number of H-pyrrole nitrogens is 1. The third-order valence-corrected chi connectivity index (χ3v) is 3.51. The van der Waals surface area contributed by atoms with E-state index in [0.717, 1.165) is 10.8 Å².